The summed E-state index contributed by atoms with van der Waals surface area (Å²) < 4.78 is 0.893. The molecular formula is C10H11BrClNO2. The van der Waals surface area contributed by atoms with Crippen LogP contribution < -0.4 is 5.32 Å². The first-order chi connectivity index (χ1) is 6.99. The van der Waals surface area contributed by atoms with E-state index in [1.165, 1.54) is 0 Å². The lowest BCUT2D eigenvalue weighted by Crippen LogP contribution is -2.19. The topological polar surface area (TPSA) is 49.3 Å². The number of hydrogen-bond acceptors (Lipinski definition) is 2. The smallest absolute Gasteiger partial charge is 0.305 e. The third kappa shape index (κ3) is 4.10. The molecule has 0 aliphatic carbocycles. The molecule has 0 saturated carbocycles. The van der Waals surface area contributed by atoms with Crippen LogP contribution in [0.3, 0.4) is 0 Å². The Kier molecular flexibility index (Phi) is 4.42. The standard InChI is InChI=1S/C10H11BrClNO2/c1-6(4-10(14)15)13-9-3-2-7(11)5-8(9)12/h2-3,5-6,13H,4H2,1H3,(H,14,15). The second-order valence-corrected chi connectivity index (χ2v) is 4.59. The Morgan fingerprint density at radius 2 is 2.33 bits per heavy atom. The van der Waals surface area contributed by atoms with E-state index in [0.717, 1.165) is 10.2 Å². The van der Waals surface area contributed by atoms with Crippen LogP contribution in [-0.2, 0) is 4.79 Å². The monoisotopic (exact) mass is 291 g/mol. The Hall–Kier alpha value is -0.740. The molecule has 15 heavy (non-hydrogen) atoms. The van der Waals surface area contributed by atoms with E-state index < -0.39 is 5.97 Å². The highest BCUT2D eigenvalue weighted by Gasteiger charge is 2.09. The molecule has 0 bridgehead atoms. The fourth-order valence-corrected chi connectivity index (χ4v) is 1.91. The van der Waals surface area contributed by atoms with Gasteiger partial charge in [0.2, 0.25) is 0 Å². The average Bonchev–Trinajstić information content (AvgIpc) is 2.08. The van der Waals surface area contributed by atoms with Crippen molar-refractivity contribution in [1.29, 1.82) is 0 Å². The number of halogens is 2. The first-order valence-corrected chi connectivity index (χ1v) is 5.59. The minimum Gasteiger partial charge on any atom is -0.481 e. The number of anilines is 1. The molecule has 0 spiro atoms. The Labute approximate surface area is 102 Å². The lowest BCUT2D eigenvalue weighted by Gasteiger charge is -2.14. The van der Waals surface area contributed by atoms with E-state index in [0.29, 0.717) is 5.02 Å². The van der Waals surface area contributed by atoms with Crippen LogP contribution in [0.25, 0.3) is 0 Å². The lowest BCUT2D eigenvalue weighted by molar-refractivity contribution is -0.137. The molecule has 2 N–H and O–H groups in total. The third-order valence-corrected chi connectivity index (χ3v) is 2.62. The second-order valence-electron chi connectivity index (χ2n) is 3.27. The first kappa shape index (κ1) is 12.3. The maximum absolute atomic E-state index is 10.5. The normalized spacial score (nSPS) is 12.2. The number of carboxylic acid groups (broad SMARTS) is 1. The van der Waals surface area contributed by atoms with Crippen LogP contribution in [0.5, 0.6) is 0 Å². The van der Waals surface area contributed by atoms with Gasteiger partial charge in [-0.25, -0.2) is 0 Å². The van der Waals surface area contributed by atoms with Gasteiger partial charge in [0.15, 0.2) is 0 Å². The van der Waals surface area contributed by atoms with E-state index in [1.54, 1.807) is 13.0 Å². The number of aliphatic carboxylic acids is 1. The van der Waals surface area contributed by atoms with Gasteiger partial charge in [0.1, 0.15) is 0 Å². The van der Waals surface area contributed by atoms with Crippen LogP contribution in [0.1, 0.15) is 13.3 Å². The zero-order chi connectivity index (χ0) is 11.4. The van der Waals surface area contributed by atoms with Crippen LogP contribution in [0, 0.1) is 0 Å². The summed E-state index contributed by atoms with van der Waals surface area (Å²) in [6.45, 7) is 1.80. The molecule has 82 valence electrons. The third-order valence-electron chi connectivity index (χ3n) is 1.81. The van der Waals surface area contributed by atoms with Crippen LogP contribution in [-0.4, -0.2) is 17.1 Å². The van der Waals surface area contributed by atoms with Gasteiger partial charge < -0.3 is 10.4 Å². The molecule has 0 aliphatic heterocycles. The van der Waals surface area contributed by atoms with Gasteiger partial charge >= 0.3 is 5.97 Å². The van der Waals surface area contributed by atoms with Gasteiger partial charge in [0, 0.05) is 10.5 Å². The average molecular weight is 293 g/mol. The summed E-state index contributed by atoms with van der Waals surface area (Å²) in [5, 5.41) is 12.2. The SMILES string of the molecule is CC(CC(=O)O)Nc1ccc(Br)cc1Cl. The number of benzene rings is 1. The van der Waals surface area contributed by atoms with Gasteiger partial charge in [-0.05, 0) is 25.1 Å². The van der Waals surface area contributed by atoms with E-state index in [2.05, 4.69) is 21.2 Å². The number of carbonyl (C=O) groups is 1. The summed E-state index contributed by atoms with van der Waals surface area (Å²) in [5.74, 6) is -0.830. The van der Waals surface area contributed by atoms with E-state index >= 15 is 0 Å². The molecule has 1 atom stereocenters. The first-order valence-electron chi connectivity index (χ1n) is 4.42. The van der Waals surface area contributed by atoms with Crippen molar-refractivity contribution in [3.63, 3.8) is 0 Å². The molecule has 1 aromatic carbocycles. The van der Waals surface area contributed by atoms with Crippen LogP contribution in [0.15, 0.2) is 22.7 Å². The number of nitrogens with one attached hydrogen (secondary N) is 1. The maximum Gasteiger partial charge on any atom is 0.305 e. The van der Waals surface area contributed by atoms with Crippen molar-refractivity contribution in [3.8, 4) is 0 Å². The largest absolute Gasteiger partial charge is 0.481 e. The summed E-state index contributed by atoms with van der Waals surface area (Å²) in [6, 6.07) is 5.27. The predicted octanol–water partition coefficient (Wildman–Crippen LogP) is 3.38. The second kappa shape index (κ2) is 5.37. The molecule has 0 heterocycles. The Morgan fingerprint density at radius 3 is 2.87 bits per heavy atom. The quantitative estimate of drug-likeness (QED) is 0.894. The molecule has 1 unspecified atom stereocenters. The van der Waals surface area contributed by atoms with E-state index in [1.807, 2.05) is 12.1 Å². The van der Waals surface area contributed by atoms with Crippen molar-refractivity contribution in [3.05, 3.63) is 27.7 Å². The molecule has 0 aliphatic rings. The van der Waals surface area contributed by atoms with Crippen LogP contribution in [0.4, 0.5) is 5.69 Å². The van der Waals surface area contributed by atoms with Crippen molar-refractivity contribution in [2.45, 2.75) is 19.4 Å². The maximum atomic E-state index is 10.5. The Morgan fingerprint density at radius 1 is 1.67 bits per heavy atom. The number of rotatable bonds is 4. The highest BCUT2D eigenvalue weighted by atomic mass is 79.9. The number of carboxylic acids is 1. The molecule has 0 saturated heterocycles. The fraction of sp³-hybridized carbons (Fsp3) is 0.300. The van der Waals surface area contributed by atoms with Crippen molar-refractivity contribution in [1.82, 2.24) is 0 Å². The summed E-state index contributed by atoms with van der Waals surface area (Å²) in [4.78, 5) is 10.5. The molecule has 0 fully saturated rings. The van der Waals surface area contributed by atoms with Crippen molar-refractivity contribution < 1.29 is 9.90 Å². The molecule has 3 nitrogen and oxygen atoms in total. The Bertz CT molecular complexity index is 370. The fourth-order valence-electron chi connectivity index (χ4n) is 1.18. The van der Waals surface area contributed by atoms with Crippen molar-refractivity contribution in [2.75, 3.05) is 5.32 Å². The van der Waals surface area contributed by atoms with Crippen molar-refractivity contribution >= 4 is 39.2 Å². The zero-order valence-corrected chi connectivity index (χ0v) is 10.5. The molecule has 0 amide bonds. The molecule has 0 radical (unpaired) electrons. The van der Waals surface area contributed by atoms with Gasteiger partial charge in [-0.3, -0.25) is 4.79 Å². The summed E-state index contributed by atoms with van der Waals surface area (Å²) in [6.07, 6.45) is 0.0619. The Balaban J connectivity index is 2.68. The van der Waals surface area contributed by atoms with Gasteiger partial charge in [0.25, 0.3) is 0 Å². The highest BCUT2D eigenvalue weighted by molar-refractivity contribution is 9.10. The molecule has 1 rings (SSSR count). The summed E-state index contributed by atoms with van der Waals surface area (Å²) in [5.41, 5.74) is 0.744. The predicted molar refractivity (Wildman–Crippen MR) is 64.5 cm³/mol. The highest BCUT2D eigenvalue weighted by Crippen LogP contribution is 2.26. The van der Waals surface area contributed by atoms with Gasteiger partial charge in [0.05, 0.1) is 17.1 Å². The molecule has 1 aromatic rings. The molecule has 5 heteroatoms. The minimum absolute atomic E-state index is 0.0619. The van der Waals surface area contributed by atoms with Crippen LogP contribution >= 0.6 is 27.5 Å². The van der Waals surface area contributed by atoms with E-state index in [9.17, 15) is 4.79 Å². The minimum atomic E-state index is -0.830. The molecular weight excluding hydrogens is 281 g/mol. The van der Waals surface area contributed by atoms with E-state index in [-0.39, 0.29) is 12.5 Å². The lowest BCUT2D eigenvalue weighted by atomic mass is 10.2. The summed E-state index contributed by atoms with van der Waals surface area (Å²) in [7, 11) is 0. The van der Waals surface area contributed by atoms with Crippen molar-refractivity contribution in [2.24, 2.45) is 0 Å². The number of hydrogen-bond donors (Lipinski definition) is 2. The van der Waals surface area contributed by atoms with Gasteiger partial charge in [-0.15, -0.1) is 0 Å². The van der Waals surface area contributed by atoms with Crippen LogP contribution in [0.2, 0.25) is 5.02 Å². The zero-order valence-electron chi connectivity index (χ0n) is 8.13. The molecule has 0 aromatic heterocycles. The van der Waals surface area contributed by atoms with Gasteiger partial charge in [-0.2, -0.15) is 0 Å². The van der Waals surface area contributed by atoms with E-state index in [4.69, 9.17) is 16.7 Å². The van der Waals surface area contributed by atoms with Gasteiger partial charge in [-0.1, -0.05) is 27.5 Å². The summed E-state index contributed by atoms with van der Waals surface area (Å²) >= 11 is 9.27.